The van der Waals surface area contributed by atoms with Crippen LogP contribution in [0, 0.1) is 6.92 Å². The Kier molecular flexibility index (Phi) is 3.68. The molecule has 0 radical (unpaired) electrons. The van der Waals surface area contributed by atoms with Crippen molar-refractivity contribution >= 4 is 28.7 Å². The zero-order valence-electron chi connectivity index (χ0n) is 11.7. The molecule has 7 heteroatoms. The van der Waals surface area contributed by atoms with Crippen molar-refractivity contribution in [3.63, 3.8) is 0 Å². The Morgan fingerprint density at radius 2 is 2.09 bits per heavy atom. The van der Waals surface area contributed by atoms with Crippen LogP contribution in [-0.2, 0) is 6.54 Å². The zero-order valence-corrected chi connectivity index (χ0v) is 12.4. The van der Waals surface area contributed by atoms with Crippen LogP contribution in [0.3, 0.4) is 0 Å². The first-order chi connectivity index (χ1) is 10.6. The molecular weight excluding hydrogens is 306 g/mol. The topological polar surface area (TPSA) is 77.2 Å². The number of nitrogens with zero attached hydrogens (tertiary/aromatic N) is 3. The average Bonchev–Trinajstić information content (AvgIpc) is 2.75. The van der Waals surface area contributed by atoms with Crippen LogP contribution < -0.4 is 4.74 Å². The van der Waals surface area contributed by atoms with Gasteiger partial charge >= 0.3 is 6.16 Å². The minimum Gasteiger partial charge on any atom is -0.449 e. The third-order valence-corrected chi connectivity index (χ3v) is 3.64. The standard InChI is InChI=1S/C15H12ClN3O3/c1-9-11-7-17-18-13(16)12(11)19(14(9)22-15(20)21)8-10-5-3-2-4-6-10/h2-7H,8H2,1H3,(H,20,21). The summed E-state index contributed by atoms with van der Waals surface area (Å²) in [7, 11) is 0. The molecule has 0 amide bonds. The molecule has 0 atom stereocenters. The van der Waals surface area contributed by atoms with E-state index in [1.54, 1.807) is 17.7 Å². The summed E-state index contributed by atoms with van der Waals surface area (Å²) in [4.78, 5) is 11.0. The number of carboxylic acid groups (broad SMARTS) is 1. The number of fused-ring (bicyclic) bond motifs is 1. The van der Waals surface area contributed by atoms with Gasteiger partial charge in [0.25, 0.3) is 0 Å². The van der Waals surface area contributed by atoms with Crippen LogP contribution in [0.25, 0.3) is 10.9 Å². The number of aromatic nitrogens is 3. The molecule has 22 heavy (non-hydrogen) atoms. The first kappa shape index (κ1) is 14.3. The summed E-state index contributed by atoms with van der Waals surface area (Å²) in [5.74, 6) is 0.225. The summed E-state index contributed by atoms with van der Waals surface area (Å²) < 4.78 is 6.65. The van der Waals surface area contributed by atoms with E-state index in [-0.39, 0.29) is 11.0 Å². The lowest BCUT2D eigenvalue weighted by Gasteiger charge is -2.10. The predicted molar refractivity (Wildman–Crippen MR) is 81.5 cm³/mol. The van der Waals surface area contributed by atoms with Gasteiger partial charge in [-0.3, -0.25) is 0 Å². The molecule has 1 aromatic carbocycles. The summed E-state index contributed by atoms with van der Waals surface area (Å²) in [6.07, 6.45) is 0.171. The Hall–Kier alpha value is -2.60. The van der Waals surface area contributed by atoms with Gasteiger partial charge in [-0.1, -0.05) is 41.9 Å². The molecule has 6 nitrogen and oxygen atoms in total. The van der Waals surface area contributed by atoms with E-state index in [9.17, 15) is 4.79 Å². The second kappa shape index (κ2) is 5.65. The highest BCUT2D eigenvalue weighted by Crippen LogP contribution is 2.34. The highest BCUT2D eigenvalue weighted by Gasteiger charge is 2.21. The third kappa shape index (κ3) is 2.48. The van der Waals surface area contributed by atoms with Crippen LogP contribution >= 0.6 is 11.6 Å². The third-order valence-electron chi connectivity index (χ3n) is 3.39. The van der Waals surface area contributed by atoms with Gasteiger partial charge in [0.1, 0.15) is 0 Å². The normalized spacial score (nSPS) is 10.8. The monoisotopic (exact) mass is 317 g/mol. The zero-order chi connectivity index (χ0) is 15.7. The number of rotatable bonds is 3. The Labute approximate surface area is 130 Å². The van der Waals surface area contributed by atoms with Gasteiger partial charge in [-0.05, 0) is 12.5 Å². The van der Waals surface area contributed by atoms with Gasteiger partial charge in [0.2, 0.25) is 5.88 Å². The van der Waals surface area contributed by atoms with E-state index in [1.807, 2.05) is 30.3 Å². The summed E-state index contributed by atoms with van der Waals surface area (Å²) in [5, 5.41) is 17.5. The number of aryl methyl sites for hydroxylation is 1. The lowest BCUT2D eigenvalue weighted by Crippen LogP contribution is -2.10. The molecule has 112 valence electrons. The fraction of sp³-hybridized carbons (Fsp3) is 0.133. The van der Waals surface area contributed by atoms with Crippen LogP contribution in [-0.4, -0.2) is 26.0 Å². The van der Waals surface area contributed by atoms with Gasteiger partial charge < -0.3 is 14.4 Å². The van der Waals surface area contributed by atoms with Gasteiger partial charge in [0, 0.05) is 10.9 Å². The van der Waals surface area contributed by atoms with E-state index in [1.165, 1.54) is 0 Å². The quantitative estimate of drug-likeness (QED) is 0.748. The van der Waals surface area contributed by atoms with Crippen LogP contribution in [0.4, 0.5) is 4.79 Å². The molecule has 0 aliphatic carbocycles. The van der Waals surface area contributed by atoms with Gasteiger partial charge in [0.05, 0.1) is 18.3 Å². The summed E-state index contributed by atoms with van der Waals surface area (Å²) in [6.45, 7) is 2.18. The summed E-state index contributed by atoms with van der Waals surface area (Å²) >= 11 is 6.15. The molecule has 0 aliphatic rings. The predicted octanol–water partition coefficient (Wildman–Crippen LogP) is 3.50. The van der Waals surface area contributed by atoms with Crippen molar-refractivity contribution in [1.29, 1.82) is 0 Å². The average molecular weight is 318 g/mol. The lowest BCUT2D eigenvalue weighted by molar-refractivity contribution is 0.140. The minimum absolute atomic E-state index is 0.205. The number of hydrogen-bond donors (Lipinski definition) is 1. The van der Waals surface area contributed by atoms with Crippen molar-refractivity contribution in [2.24, 2.45) is 0 Å². The Morgan fingerprint density at radius 1 is 1.36 bits per heavy atom. The van der Waals surface area contributed by atoms with Gasteiger partial charge in [-0.25, -0.2) is 4.79 Å². The molecule has 0 saturated carbocycles. The second-order valence-corrected chi connectivity index (χ2v) is 5.13. The van der Waals surface area contributed by atoms with Crippen molar-refractivity contribution in [2.45, 2.75) is 13.5 Å². The first-order valence-electron chi connectivity index (χ1n) is 6.52. The fourth-order valence-electron chi connectivity index (χ4n) is 2.44. The maximum absolute atomic E-state index is 11.0. The van der Waals surface area contributed by atoms with Gasteiger partial charge in [-0.15, -0.1) is 5.10 Å². The van der Waals surface area contributed by atoms with E-state index in [2.05, 4.69) is 10.2 Å². The molecule has 0 unspecified atom stereocenters. The van der Waals surface area contributed by atoms with Gasteiger partial charge in [0.15, 0.2) is 5.15 Å². The van der Waals surface area contributed by atoms with Crippen LogP contribution in [0.5, 0.6) is 5.88 Å². The number of halogens is 1. The van der Waals surface area contributed by atoms with Crippen LogP contribution in [0.2, 0.25) is 5.15 Å². The minimum atomic E-state index is -1.38. The lowest BCUT2D eigenvalue weighted by atomic mass is 10.2. The molecule has 1 N–H and O–H groups in total. The van der Waals surface area contributed by atoms with Gasteiger partial charge in [-0.2, -0.15) is 5.10 Å². The van der Waals surface area contributed by atoms with Crippen molar-refractivity contribution < 1.29 is 14.6 Å². The van der Waals surface area contributed by atoms with E-state index < -0.39 is 6.16 Å². The summed E-state index contributed by atoms with van der Waals surface area (Å²) in [6, 6.07) is 9.61. The maximum Gasteiger partial charge on any atom is 0.512 e. The second-order valence-electron chi connectivity index (χ2n) is 4.77. The molecule has 3 rings (SSSR count). The molecule has 0 saturated heterocycles. The molecule has 2 heterocycles. The molecule has 0 aliphatic heterocycles. The Morgan fingerprint density at radius 3 is 2.77 bits per heavy atom. The first-order valence-corrected chi connectivity index (χ1v) is 6.90. The highest BCUT2D eigenvalue weighted by molar-refractivity contribution is 6.34. The molecule has 0 fully saturated rings. The summed E-state index contributed by atoms with van der Waals surface area (Å²) in [5.41, 5.74) is 2.25. The number of hydrogen-bond acceptors (Lipinski definition) is 4. The van der Waals surface area contributed by atoms with Crippen LogP contribution in [0.1, 0.15) is 11.1 Å². The molecule has 3 aromatic rings. The molecule has 2 aromatic heterocycles. The highest BCUT2D eigenvalue weighted by atomic mass is 35.5. The van der Waals surface area contributed by atoms with Crippen molar-refractivity contribution in [2.75, 3.05) is 0 Å². The molecular formula is C15H12ClN3O3. The Bertz CT molecular complexity index is 846. The van der Waals surface area contributed by atoms with Crippen molar-refractivity contribution in [3.8, 4) is 5.88 Å². The molecule has 0 spiro atoms. The smallest absolute Gasteiger partial charge is 0.449 e. The van der Waals surface area contributed by atoms with E-state index in [0.717, 1.165) is 5.56 Å². The van der Waals surface area contributed by atoms with Crippen molar-refractivity contribution in [1.82, 2.24) is 14.8 Å². The maximum atomic E-state index is 11.0. The van der Waals surface area contributed by atoms with Crippen LogP contribution in [0.15, 0.2) is 36.5 Å². The van der Waals surface area contributed by atoms with E-state index in [0.29, 0.717) is 23.0 Å². The van der Waals surface area contributed by atoms with E-state index >= 15 is 0 Å². The largest absolute Gasteiger partial charge is 0.512 e. The number of ether oxygens (including phenoxy) is 1. The fourth-order valence-corrected chi connectivity index (χ4v) is 2.69. The molecule has 0 bridgehead atoms. The Balaban J connectivity index is 2.22. The van der Waals surface area contributed by atoms with E-state index in [4.69, 9.17) is 21.4 Å². The van der Waals surface area contributed by atoms with Crippen molar-refractivity contribution in [3.05, 3.63) is 52.8 Å². The number of benzene rings is 1. The number of carbonyl (C=O) groups is 1. The SMILES string of the molecule is Cc1c(OC(=O)O)n(Cc2ccccc2)c2c(Cl)nncc12.